The van der Waals surface area contributed by atoms with Gasteiger partial charge in [0.15, 0.2) is 0 Å². The van der Waals surface area contributed by atoms with Gasteiger partial charge in [-0.05, 0) is 29.5 Å². The third kappa shape index (κ3) is 4.51. The van der Waals surface area contributed by atoms with Gasteiger partial charge in [0.25, 0.3) is 0 Å². The summed E-state index contributed by atoms with van der Waals surface area (Å²) < 4.78 is 5.99. The first-order valence-corrected chi connectivity index (χ1v) is 7.06. The molecule has 2 unspecified atom stereocenters. The van der Waals surface area contributed by atoms with E-state index in [4.69, 9.17) is 9.84 Å². The molecule has 1 fully saturated rings. The minimum absolute atomic E-state index is 0.169. The zero-order valence-electron chi connectivity index (χ0n) is 12.1. The summed E-state index contributed by atoms with van der Waals surface area (Å²) in [5.41, 5.74) is 1.60. The highest BCUT2D eigenvalue weighted by Gasteiger charge is 2.24. The van der Waals surface area contributed by atoms with Gasteiger partial charge in [-0.15, -0.1) is 0 Å². The molecule has 2 N–H and O–H groups in total. The second-order valence-electron chi connectivity index (χ2n) is 6.65. The van der Waals surface area contributed by atoms with Crippen LogP contribution >= 0.6 is 0 Å². The maximum atomic E-state index is 9.10. The molecule has 1 saturated heterocycles. The molecule has 0 aromatic heterocycles. The second-order valence-corrected chi connectivity index (χ2v) is 6.65. The number of nitrogens with one attached hydrogen (secondary N) is 1. The summed E-state index contributed by atoms with van der Waals surface area (Å²) >= 11 is 0. The molecule has 1 aromatic carbocycles. The van der Waals surface area contributed by atoms with Crippen LogP contribution in [-0.4, -0.2) is 30.4 Å². The number of rotatable bonds is 4. The molecule has 0 radical (unpaired) electrons. The lowest BCUT2D eigenvalue weighted by Crippen LogP contribution is -2.25. The van der Waals surface area contributed by atoms with E-state index in [1.54, 1.807) is 0 Å². The number of benzene rings is 1. The number of aliphatic hydroxyl groups excluding tert-OH is 1. The smallest absolute Gasteiger partial charge is 0.120 e. The first kappa shape index (κ1) is 14.4. The van der Waals surface area contributed by atoms with Crippen LogP contribution in [-0.2, 0) is 6.42 Å². The van der Waals surface area contributed by atoms with Crippen molar-refractivity contribution in [1.29, 1.82) is 0 Å². The van der Waals surface area contributed by atoms with Crippen LogP contribution in [0.4, 0.5) is 0 Å². The Morgan fingerprint density at radius 2 is 2.16 bits per heavy atom. The van der Waals surface area contributed by atoms with Gasteiger partial charge in [-0.3, -0.25) is 0 Å². The van der Waals surface area contributed by atoms with E-state index in [2.05, 4.69) is 44.3 Å². The van der Waals surface area contributed by atoms with Gasteiger partial charge >= 0.3 is 0 Å². The quantitative estimate of drug-likeness (QED) is 0.876. The Morgan fingerprint density at radius 3 is 2.79 bits per heavy atom. The molecule has 3 heteroatoms. The Morgan fingerprint density at radius 1 is 1.37 bits per heavy atom. The highest BCUT2D eigenvalue weighted by Crippen LogP contribution is 2.24. The molecule has 3 nitrogen and oxygen atoms in total. The lowest BCUT2D eigenvalue weighted by Gasteiger charge is -2.19. The first-order valence-electron chi connectivity index (χ1n) is 7.06. The van der Waals surface area contributed by atoms with Crippen LogP contribution in [0.1, 0.15) is 32.8 Å². The molecule has 0 aliphatic carbocycles. The van der Waals surface area contributed by atoms with Gasteiger partial charge in [-0.1, -0.05) is 32.9 Å². The Bertz CT molecular complexity index is 411. The average Bonchev–Trinajstić information content (AvgIpc) is 2.75. The number of hydrogen-bond donors (Lipinski definition) is 2. The summed E-state index contributed by atoms with van der Waals surface area (Å²) in [6, 6.07) is 8.54. The maximum absolute atomic E-state index is 9.10. The fourth-order valence-electron chi connectivity index (χ4n) is 2.54. The van der Waals surface area contributed by atoms with Crippen molar-refractivity contribution in [3.05, 3.63) is 29.8 Å². The van der Waals surface area contributed by atoms with Crippen molar-refractivity contribution in [3.8, 4) is 5.75 Å². The fourth-order valence-corrected chi connectivity index (χ4v) is 2.54. The van der Waals surface area contributed by atoms with Crippen LogP contribution < -0.4 is 10.1 Å². The Balaban J connectivity index is 1.96. The van der Waals surface area contributed by atoms with E-state index in [1.807, 2.05) is 6.07 Å². The average molecular weight is 263 g/mol. The molecule has 2 atom stereocenters. The van der Waals surface area contributed by atoms with Gasteiger partial charge in [0, 0.05) is 19.0 Å². The monoisotopic (exact) mass is 263 g/mol. The largest absolute Gasteiger partial charge is 0.489 e. The van der Waals surface area contributed by atoms with E-state index in [-0.39, 0.29) is 24.2 Å². The molecule has 1 aromatic rings. The minimum Gasteiger partial charge on any atom is -0.489 e. The molecule has 106 valence electrons. The van der Waals surface area contributed by atoms with Crippen molar-refractivity contribution in [2.45, 2.75) is 45.8 Å². The normalized spacial score (nSPS) is 23.6. The predicted molar refractivity (Wildman–Crippen MR) is 77.5 cm³/mol. The predicted octanol–water partition coefficient (Wildman–Crippen LogP) is 2.38. The van der Waals surface area contributed by atoms with Crippen LogP contribution in [0, 0.1) is 5.41 Å². The molecule has 1 aliphatic heterocycles. The molecule has 1 heterocycles. The lowest BCUT2D eigenvalue weighted by atomic mass is 9.88. The summed E-state index contributed by atoms with van der Waals surface area (Å²) in [6.45, 7) is 7.73. The van der Waals surface area contributed by atoms with Crippen molar-refractivity contribution in [1.82, 2.24) is 5.32 Å². The number of hydrogen-bond acceptors (Lipinski definition) is 3. The van der Waals surface area contributed by atoms with Gasteiger partial charge in [0.1, 0.15) is 11.9 Å². The molecule has 2 rings (SSSR count). The third-order valence-corrected chi connectivity index (χ3v) is 3.34. The van der Waals surface area contributed by atoms with Crippen LogP contribution in [0.5, 0.6) is 5.75 Å². The maximum Gasteiger partial charge on any atom is 0.120 e. The van der Waals surface area contributed by atoms with Crippen molar-refractivity contribution in [2.75, 3.05) is 13.2 Å². The Kier molecular flexibility index (Phi) is 4.48. The molecule has 0 saturated carbocycles. The van der Waals surface area contributed by atoms with Gasteiger partial charge in [-0.25, -0.2) is 0 Å². The summed E-state index contributed by atoms with van der Waals surface area (Å²) in [5.74, 6) is 0.937. The Labute approximate surface area is 116 Å². The van der Waals surface area contributed by atoms with Crippen LogP contribution in [0.2, 0.25) is 0 Å². The van der Waals surface area contributed by atoms with Gasteiger partial charge in [0.05, 0.1) is 6.61 Å². The van der Waals surface area contributed by atoms with Gasteiger partial charge in [-0.2, -0.15) is 0 Å². The van der Waals surface area contributed by atoms with E-state index in [9.17, 15) is 0 Å². The highest BCUT2D eigenvalue weighted by molar-refractivity contribution is 5.29. The van der Waals surface area contributed by atoms with Crippen molar-refractivity contribution < 1.29 is 9.84 Å². The lowest BCUT2D eigenvalue weighted by molar-refractivity contribution is 0.206. The fraction of sp³-hybridized carbons (Fsp3) is 0.625. The summed E-state index contributed by atoms with van der Waals surface area (Å²) in [5, 5.41) is 12.4. The van der Waals surface area contributed by atoms with E-state index < -0.39 is 0 Å². The molecular formula is C16H25NO2. The summed E-state index contributed by atoms with van der Waals surface area (Å²) in [4.78, 5) is 0. The van der Waals surface area contributed by atoms with Crippen LogP contribution in [0.25, 0.3) is 0 Å². The minimum atomic E-state index is 0.169. The third-order valence-electron chi connectivity index (χ3n) is 3.34. The van der Waals surface area contributed by atoms with E-state index >= 15 is 0 Å². The van der Waals surface area contributed by atoms with Crippen molar-refractivity contribution >= 4 is 0 Å². The number of ether oxygens (including phenoxy) is 1. The number of aliphatic hydroxyl groups is 1. The Hall–Kier alpha value is -1.06. The summed E-state index contributed by atoms with van der Waals surface area (Å²) in [6.07, 6.45) is 2.09. The molecule has 0 bridgehead atoms. The van der Waals surface area contributed by atoms with Crippen LogP contribution in [0.15, 0.2) is 24.3 Å². The van der Waals surface area contributed by atoms with Gasteiger partial charge < -0.3 is 15.2 Å². The van der Waals surface area contributed by atoms with E-state index in [1.165, 1.54) is 5.56 Å². The SMILES string of the molecule is CC(C)(C)Cc1cccc(OC2CNC(CO)C2)c1. The molecule has 0 amide bonds. The molecule has 19 heavy (non-hydrogen) atoms. The van der Waals surface area contributed by atoms with E-state index in [0.29, 0.717) is 0 Å². The molecular weight excluding hydrogens is 238 g/mol. The van der Waals surface area contributed by atoms with Crippen molar-refractivity contribution in [2.24, 2.45) is 5.41 Å². The zero-order valence-corrected chi connectivity index (χ0v) is 12.1. The van der Waals surface area contributed by atoms with Crippen LogP contribution in [0.3, 0.4) is 0 Å². The second kappa shape index (κ2) is 5.93. The highest BCUT2D eigenvalue weighted by atomic mass is 16.5. The molecule has 1 aliphatic rings. The topological polar surface area (TPSA) is 41.5 Å². The van der Waals surface area contributed by atoms with Gasteiger partial charge in [0.2, 0.25) is 0 Å². The zero-order chi connectivity index (χ0) is 13.9. The van der Waals surface area contributed by atoms with E-state index in [0.717, 1.165) is 25.1 Å². The standard InChI is InChI=1S/C16H25NO2/c1-16(2,3)9-12-5-4-6-14(7-12)19-15-8-13(11-18)17-10-15/h4-7,13,15,17-18H,8-11H2,1-3H3. The molecule has 0 spiro atoms. The first-order chi connectivity index (χ1) is 8.96. The summed E-state index contributed by atoms with van der Waals surface area (Å²) in [7, 11) is 0. The van der Waals surface area contributed by atoms with Crippen molar-refractivity contribution in [3.63, 3.8) is 0 Å².